The minimum atomic E-state index is 0.0796. The summed E-state index contributed by atoms with van der Waals surface area (Å²) in [5.74, 6) is 0.0796. The lowest BCUT2D eigenvalue weighted by Crippen LogP contribution is -2.29. The highest BCUT2D eigenvalue weighted by Crippen LogP contribution is 2.33. The van der Waals surface area contributed by atoms with Gasteiger partial charge in [0.05, 0.1) is 28.5 Å². The van der Waals surface area contributed by atoms with Gasteiger partial charge in [-0.05, 0) is 67.4 Å². The first-order valence-corrected chi connectivity index (χ1v) is 10.4. The second-order valence-electron chi connectivity index (χ2n) is 7.57. The van der Waals surface area contributed by atoms with Gasteiger partial charge in [0.25, 0.3) is 0 Å². The lowest BCUT2D eigenvalue weighted by atomic mass is 10.0. The predicted octanol–water partition coefficient (Wildman–Crippen LogP) is 5.13. The van der Waals surface area contributed by atoms with E-state index in [0.717, 1.165) is 59.3 Å². The largest absolute Gasteiger partial charge is 0.506 e. The first-order chi connectivity index (χ1) is 14.7. The van der Waals surface area contributed by atoms with Gasteiger partial charge in [0, 0.05) is 23.5 Å². The summed E-state index contributed by atoms with van der Waals surface area (Å²) in [6, 6.07) is 13.7. The first-order valence-electron chi connectivity index (χ1n) is 10.1. The molecular weight excluding hydrogens is 398 g/mol. The summed E-state index contributed by atoms with van der Waals surface area (Å²) >= 11 is 6.10. The molecule has 4 aromatic rings. The summed E-state index contributed by atoms with van der Waals surface area (Å²) in [7, 11) is 0. The van der Waals surface area contributed by atoms with Crippen molar-refractivity contribution < 1.29 is 5.11 Å². The van der Waals surface area contributed by atoms with E-state index >= 15 is 0 Å². The molecule has 6 nitrogen and oxygen atoms in total. The Labute approximate surface area is 179 Å². The molecule has 30 heavy (non-hydrogen) atoms. The van der Waals surface area contributed by atoms with E-state index in [1.807, 2.05) is 30.5 Å². The summed E-state index contributed by atoms with van der Waals surface area (Å²) in [4.78, 5) is 4.49. The van der Waals surface area contributed by atoms with Crippen LogP contribution in [0.3, 0.4) is 0 Å². The minimum absolute atomic E-state index is 0.0796. The number of aromatic nitrogens is 3. The number of hydrogen-bond acceptors (Lipinski definition) is 5. The summed E-state index contributed by atoms with van der Waals surface area (Å²) in [6.45, 7) is 2.07. The van der Waals surface area contributed by atoms with Gasteiger partial charge in [-0.2, -0.15) is 5.10 Å². The third-order valence-corrected chi connectivity index (χ3v) is 5.89. The molecule has 0 spiro atoms. The molecule has 7 heteroatoms. The molecule has 2 aromatic carbocycles. The van der Waals surface area contributed by atoms with Gasteiger partial charge in [0.2, 0.25) is 0 Å². The molecule has 1 fully saturated rings. The van der Waals surface area contributed by atoms with Crippen LogP contribution in [-0.2, 0) is 0 Å². The number of fused-ring (bicyclic) bond motifs is 1. The summed E-state index contributed by atoms with van der Waals surface area (Å²) in [5, 5.41) is 22.5. The number of phenolic OH excluding ortho intramolecular Hbond substituents is 1. The lowest BCUT2D eigenvalue weighted by Gasteiger charge is -2.22. The SMILES string of the molecule is Oc1ccc(-c2ccc3nccc(Nc4cnn(C5CCNCC5)c4)c3c2)cc1Cl. The van der Waals surface area contributed by atoms with Gasteiger partial charge in [-0.1, -0.05) is 23.7 Å². The number of phenols is 1. The van der Waals surface area contributed by atoms with Crippen molar-refractivity contribution in [1.82, 2.24) is 20.1 Å². The van der Waals surface area contributed by atoms with Crippen molar-refractivity contribution in [3.8, 4) is 16.9 Å². The molecule has 0 unspecified atom stereocenters. The molecule has 1 aliphatic heterocycles. The van der Waals surface area contributed by atoms with Crippen molar-refractivity contribution in [2.45, 2.75) is 18.9 Å². The van der Waals surface area contributed by atoms with Crippen molar-refractivity contribution in [2.75, 3.05) is 18.4 Å². The normalized spacial score (nSPS) is 14.8. The Morgan fingerprint density at radius 2 is 1.87 bits per heavy atom. The van der Waals surface area contributed by atoms with Crippen LogP contribution in [0.25, 0.3) is 22.0 Å². The van der Waals surface area contributed by atoms with Crippen molar-refractivity contribution in [2.24, 2.45) is 0 Å². The Bertz CT molecular complexity index is 1200. The fourth-order valence-electron chi connectivity index (χ4n) is 3.95. The average Bonchev–Trinajstić information content (AvgIpc) is 3.25. The first kappa shape index (κ1) is 18.9. The molecule has 3 N–H and O–H groups in total. The Morgan fingerprint density at radius 3 is 2.70 bits per heavy atom. The monoisotopic (exact) mass is 419 g/mol. The van der Waals surface area contributed by atoms with Crippen molar-refractivity contribution in [1.29, 1.82) is 0 Å². The Morgan fingerprint density at radius 1 is 1.07 bits per heavy atom. The van der Waals surface area contributed by atoms with Crippen LogP contribution in [0.15, 0.2) is 61.1 Å². The molecule has 0 saturated carbocycles. The van der Waals surface area contributed by atoms with Gasteiger partial charge in [-0.3, -0.25) is 9.67 Å². The average molecular weight is 420 g/mol. The second kappa shape index (κ2) is 7.97. The van der Waals surface area contributed by atoms with E-state index in [2.05, 4.69) is 37.7 Å². The molecule has 3 heterocycles. The quantitative estimate of drug-likeness (QED) is 0.427. The molecule has 1 aliphatic rings. The highest BCUT2D eigenvalue weighted by Gasteiger charge is 2.16. The topological polar surface area (TPSA) is 75.0 Å². The third-order valence-electron chi connectivity index (χ3n) is 5.59. The van der Waals surface area contributed by atoms with Crippen LogP contribution >= 0.6 is 11.6 Å². The number of piperidine rings is 1. The van der Waals surface area contributed by atoms with Crippen LogP contribution in [0.4, 0.5) is 11.4 Å². The Balaban J connectivity index is 1.47. The van der Waals surface area contributed by atoms with Crippen LogP contribution < -0.4 is 10.6 Å². The van der Waals surface area contributed by atoms with Gasteiger partial charge in [-0.15, -0.1) is 0 Å². The van der Waals surface area contributed by atoms with Gasteiger partial charge in [-0.25, -0.2) is 0 Å². The van der Waals surface area contributed by atoms with Crippen LogP contribution in [0.5, 0.6) is 5.75 Å². The molecule has 0 amide bonds. The molecule has 0 atom stereocenters. The molecular formula is C23H22ClN5O. The number of rotatable bonds is 4. The van der Waals surface area contributed by atoms with E-state index in [1.54, 1.807) is 18.3 Å². The number of anilines is 2. The van der Waals surface area contributed by atoms with Gasteiger partial charge in [0.15, 0.2) is 0 Å². The third kappa shape index (κ3) is 3.72. The number of nitrogens with one attached hydrogen (secondary N) is 2. The van der Waals surface area contributed by atoms with Gasteiger partial charge in [0.1, 0.15) is 5.75 Å². The zero-order valence-electron chi connectivity index (χ0n) is 16.3. The maximum Gasteiger partial charge on any atom is 0.134 e. The Hall–Kier alpha value is -3.09. The number of halogens is 1. The fraction of sp³-hybridized carbons (Fsp3) is 0.217. The van der Waals surface area contributed by atoms with Gasteiger partial charge >= 0.3 is 0 Å². The van der Waals surface area contributed by atoms with Crippen LogP contribution in [0, 0.1) is 0 Å². The van der Waals surface area contributed by atoms with Crippen LogP contribution in [-0.4, -0.2) is 33.0 Å². The molecule has 2 aromatic heterocycles. The van der Waals surface area contributed by atoms with E-state index < -0.39 is 0 Å². The standard InChI is InChI=1S/C23H22ClN5O/c24-20-12-16(2-4-23(20)30)15-1-3-21-19(11-15)22(7-10-26-21)28-17-13-27-29(14-17)18-5-8-25-9-6-18/h1-4,7,10-14,18,25,30H,5-6,8-9H2,(H,26,28). The van der Waals surface area contributed by atoms with Crippen molar-refractivity contribution in [3.63, 3.8) is 0 Å². The molecule has 5 rings (SSSR count). The highest BCUT2D eigenvalue weighted by atomic mass is 35.5. The minimum Gasteiger partial charge on any atom is -0.506 e. The van der Waals surface area contributed by atoms with E-state index in [9.17, 15) is 5.11 Å². The van der Waals surface area contributed by atoms with Crippen LogP contribution in [0.2, 0.25) is 5.02 Å². The number of hydrogen-bond donors (Lipinski definition) is 3. The summed E-state index contributed by atoms with van der Waals surface area (Å²) in [5.41, 5.74) is 4.77. The number of benzene rings is 2. The van der Waals surface area contributed by atoms with Crippen LogP contribution in [0.1, 0.15) is 18.9 Å². The molecule has 0 bridgehead atoms. The Kier molecular flexibility index (Phi) is 5.02. The smallest absolute Gasteiger partial charge is 0.134 e. The number of nitrogens with zero attached hydrogens (tertiary/aromatic N) is 3. The van der Waals surface area contributed by atoms with E-state index in [1.165, 1.54) is 0 Å². The number of aromatic hydroxyl groups is 1. The predicted molar refractivity (Wildman–Crippen MR) is 121 cm³/mol. The van der Waals surface area contributed by atoms with E-state index in [0.29, 0.717) is 11.1 Å². The zero-order chi connectivity index (χ0) is 20.5. The summed E-state index contributed by atoms with van der Waals surface area (Å²) < 4.78 is 2.07. The second-order valence-corrected chi connectivity index (χ2v) is 7.98. The molecule has 152 valence electrons. The van der Waals surface area contributed by atoms with Crippen molar-refractivity contribution in [3.05, 3.63) is 66.1 Å². The molecule has 0 radical (unpaired) electrons. The number of pyridine rings is 1. The van der Waals surface area contributed by atoms with E-state index in [4.69, 9.17) is 11.6 Å². The molecule has 0 aliphatic carbocycles. The molecule has 1 saturated heterocycles. The highest BCUT2D eigenvalue weighted by molar-refractivity contribution is 6.32. The fourth-order valence-corrected chi connectivity index (χ4v) is 4.13. The van der Waals surface area contributed by atoms with E-state index in [-0.39, 0.29) is 5.75 Å². The van der Waals surface area contributed by atoms with Gasteiger partial charge < -0.3 is 15.7 Å². The summed E-state index contributed by atoms with van der Waals surface area (Å²) in [6.07, 6.45) is 7.94. The maximum atomic E-state index is 9.70. The lowest BCUT2D eigenvalue weighted by molar-refractivity contribution is 0.343. The zero-order valence-corrected chi connectivity index (χ0v) is 17.1. The van der Waals surface area contributed by atoms with Crippen molar-refractivity contribution >= 4 is 33.9 Å². The maximum absolute atomic E-state index is 9.70.